The molecule has 0 atom stereocenters. The Morgan fingerprint density at radius 3 is 1.81 bits per heavy atom. The quantitative estimate of drug-likeness (QED) is 0.270. The van der Waals surface area contributed by atoms with Crippen molar-refractivity contribution in [2.24, 2.45) is 0 Å². The number of hydrogen-bond donors (Lipinski definition) is 0. The fourth-order valence-corrected chi connectivity index (χ4v) is 4.38. The van der Waals surface area contributed by atoms with Crippen molar-refractivity contribution < 1.29 is 4.79 Å². The Morgan fingerprint density at radius 1 is 0.833 bits per heavy atom. The van der Waals surface area contributed by atoms with E-state index in [9.17, 15) is 9.59 Å². The molecule has 1 heterocycles. The van der Waals surface area contributed by atoms with Gasteiger partial charge in [0.2, 0.25) is 0 Å². The second-order valence-corrected chi connectivity index (χ2v) is 9.01. The number of carbonyl (C=O) groups is 1. The third-order valence-corrected chi connectivity index (χ3v) is 6.25. The van der Waals surface area contributed by atoms with Crippen molar-refractivity contribution in [3.63, 3.8) is 0 Å². The molecule has 4 nitrogen and oxygen atoms in total. The average molecular weight is 481 g/mol. The van der Waals surface area contributed by atoms with Crippen LogP contribution in [0.25, 0.3) is 0 Å². The summed E-state index contributed by atoms with van der Waals surface area (Å²) >= 11 is 0. The normalized spacial score (nSPS) is 10.6. The van der Waals surface area contributed by atoms with Crippen LogP contribution in [-0.2, 0) is 12.8 Å². The van der Waals surface area contributed by atoms with E-state index >= 15 is 0 Å². The smallest absolute Gasteiger partial charge is 0.257 e. The van der Waals surface area contributed by atoms with Crippen LogP contribution in [-0.4, -0.2) is 15.3 Å². The van der Waals surface area contributed by atoms with Crippen LogP contribution < -0.4 is 5.56 Å². The van der Waals surface area contributed by atoms with E-state index in [1.807, 2.05) is 79.1 Å². The summed E-state index contributed by atoms with van der Waals surface area (Å²) in [5.41, 5.74) is 6.04. The third-order valence-electron chi connectivity index (χ3n) is 6.25. The van der Waals surface area contributed by atoms with Crippen LogP contribution in [0.4, 0.5) is 0 Å². The summed E-state index contributed by atoms with van der Waals surface area (Å²) < 4.78 is 1.87. The van der Waals surface area contributed by atoms with E-state index in [-0.39, 0.29) is 17.4 Å². The lowest BCUT2D eigenvalue weighted by atomic mass is 9.97. The molecule has 0 saturated heterocycles. The van der Waals surface area contributed by atoms with Crippen molar-refractivity contribution in [1.82, 2.24) is 9.55 Å². The number of carbonyl (C=O) groups excluding carboxylic acids is 1. The number of ketones is 1. The zero-order valence-electron chi connectivity index (χ0n) is 22.0. The zero-order chi connectivity index (χ0) is 26.1. The highest BCUT2D eigenvalue weighted by atomic mass is 16.1. The van der Waals surface area contributed by atoms with E-state index in [1.54, 1.807) is 6.92 Å². The number of aromatic nitrogens is 2. The van der Waals surface area contributed by atoms with E-state index in [1.165, 1.54) is 5.56 Å². The topological polar surface area (TPSA) is 52.0 Å². The van der Waals surface area contributed by atoms with Gasteiger partial charge in [-0.05, 0) is 44.7 Å². The fraction of sp³-hybridized carbons (Fsp3) is 0.281. The first-order valence-corrected chi connectivity index (χ1v) is 12.7. The maximum Gasteiger partial charge on any atom is 0.257 e. The summed E-state index contributed by atoms with van der Waals surface area (Å²) in [5.74, 6) is 0.893. The van der Waals surface area contributed by atoms with Crippen LogP contribution >= 0.6 is 0 Å². The van der Waals surface area contributed by atoms with Crippen molar-refractivity contribution in [3.05, 3.63) is 135 Å². The average Bonchev–Trinajstić information content (AvgIpc) is 2.89. The van der Waals surface area contributed by atoms with Gasteiger partial charge >= 0.3 is 0 Å². The molecular formula is C32H36N2O2. The molecule has 36 heavy (non-hydrogen) atoms. The molecule has 186 valence electrons. The SMILES string of the molecule is CC(=O)c1ccc(C)cc1.CCCc1c(CC)nc(C)n(C(c2ccccc2)c2ccccc2)c1=O. The monoisotopic (exact) mass is 480 g/mol. The molecule has 0 saturated carbocycles. The van der Waals surface area contributed by atoms with Gasteiger partial charge in [0.1, 0.15) is 5.82 Å². The maximum absolute atomic E-state index is 13.5. The van der Waals surface area contributed by atoms with Crippen LogP contribution in [0.2, 0.25) is 0 Å². The Hall–Kier alpha value is -3.79. The molecule has 0 aliphatic heterocycles. The highest BCUT2D eigenvalue weighted by Gasteiger charge is 2.22. The molecule has 4 heteroatoms. The molecule has 0 radical (unpaired) electrons. The molecule has 0 bridgehead atoms. The van der Waals surface area contributed by atoms with Gasteiger partial charge in [0, 0.05) is 11.1 Å². The highest BCUT2D eigenvalue weighted by molar-refractivity contribution is 5.93. The lowest BCUT2D eigenvalue weighted by Crippen LogP contribution is -2.33. The van der Waals surface area contributed by atoms with Crippen molar-refractivity contribution in [1.29, 1.82) is 0 Å². The summed E-state index contributed by atoms with van der Waals surface area (Å²) in [7, 11) is 0. The predicted octanol–water partition coefficient (Wildman–Crippen LogP) is 6.90. The van der Waals surface area contributed by atoms with Gasteiger partial charge in [-0.2, -0.15) is 0 Å². The minimum absolute atomic E-state index is 0.0916. The van der Waals surface area contributed by atoms with Crippen LogP contribution in [0.1, 0.15) is 77.4 Å². The molecule has 0 amide bonds. The summed E-state index contributed by atoms with van der Waals surface area (Å²) in [5, 5.41) is 0. The molecule has 3 aromatic carbocycles. The van der Waals surface area contributed by atoms with Gasteiger partial charge in [0.05, 0.1) is 11.7 Å². The first-order valence-electron chi connectivity index (χ1n) is 12.7. The van der Waals surface area contributed by atoms with Gasteiger partial charge < -0.3 is 0 Å². The van der Waals surface area contributed by atoms with Gasteiger partial charge in [-0.1, -0.05) is 111 Å². The molecule has 1 aromatic heterocycles. The number of rotatable bonds is 7. The molecule has 0 fully saturated rings. The Morgan fingerprint density at radius 2 is 1.36 bits per heavy atom. The summed E-state index contributed by atoms with van der Waals surface area (Å²) in [4.78, 5) is 29.0. The maximum atomic E-state index is 13.5. The lowest BCUT2D eigenvalue weighted by molar-refractivity contribution is 0.101. The Labute approximate surface area is 214 Å². The largest absolute Gasteiger partial charge is 0.295 e. The Balaban J connectivity index is 0.000000303. The van der Waals surface area contributed by atoms with Crippen LogP contribution in [0.3, 0.4) is 0 Å². The molecular weight excluding hydrogens is 444 g/mol. The molecule has 0 unspecified atom stereocenters. The minimum atomic E-state index is -0.168. The summed E-state index contributed by atoms with van der Waals surface area (Å²) in [6.45, 7) is 9.69. The highest BCUT2D eigenvalue weighted by Crippen LogP contribution is 2.26. The second-order valence-electron chi connectivity index (χ2n) is 9.01. The number of Topliss-reactive ketones (excluding diaryl/α,β-unsaturated/α-hetero) is 1. The molecule has 4 aromatic rings. The standard InChI is InChI=1S/C23H26N2O.C9H10O/c1-4-12-20-21(5-2)24-17(3)25(23(20)26)22(18-13-8-6-9-14-18)19-15-10-7-11-16-19;1-7-3-5-9(6-4-7)8(2)10/h6-11,13-16,22H,4-5,12H2,1-3H3;3-6H,1-2H3. The Kier molecular flexibility index (Phi) is 9.52. The summed E-state index contributed by atoms with van der Waals surface area (Å²) in [6, 6.07) is 27.8. The molecule has 0 N–H and O–H groups in total. The van der Waals surface area contributed by atoms with Crippen molar-refractivity contribution in [2.45, 2.75) is 59.9 Å². The van der Waals surface area contributed by atoms with Gasteiger partial charge in [0.15, 0.2) is 5.78 Å². The van der Waals surface area contributed by atoms with E-state index in [0.29, 0.717) is 0 Å². The van der Waals surface area contributed by atoms with E-state index < -0.39 is 0 Å². The van der Waals surface area contributed by atoms with Gasteiger partial charge in [-0.25, -0.2) is 4.98 Å². The van der Waals surface area contributed by atoms with Crippen LogP contribution in [0, 0.1) is 13.8 Å². The third kappa shape index (κ3) is 6.45. The number of nitrogens with zero attached hydrogens (tertiary/aromatic N) is 2. The van der Waals surface area contributed by atoms with Gasteiger partial charge in [0.25, 0.3) is 5.56 Å². The number of benzene rings is 3. The Bertz CT molecular complexity index is 1290. The lowest BCUT2D eigenvalue weighted by Gasteiger charge is -2.24. The predicted molar refractivity (Wildman–Crippen MR) is 148 cm³/mol. The first-order chi connectivity index (χ1) is 17.4. The fourth-order valence-electron chi connectivity index (χ4n) is 4.38. The number of aryl methyl sites for hydroxylation is 3. The van der Waals surface area contributed by atoms with Crippen molar-refractivity contribution in [3.8, 4) is 0 Å². The second kappa shape index (κ2) is 12.8. The minimum Gasteiger partial charge on any atom is -0.295 e. The van der Waals surface area contributed by atoms with E-state index in [4.69, 9.17) is 4.98 Å². The van der Waals surface area contributed by atoms with Gasteiger partial charge in [-0.3, -0.25) is 14.2 Å². The first kappa shape index (κ1) is 26.8. The molecule has 4 rings (SSSR count). The number of hydrogen-bond acceptors (Lipinski definition) is 3. The molecule has 0 aliphatic rings. The summed E-state index contributed by atoms with van der Waals surface area (Å²) in [6.07, 6.45) is 2.49. The van der Waals surface area contributed by atoms with E-state index in [0.717, 1.165) is 53.0 Å². The molecule has 0 spiro atoms. The van der Waals surface area contributed by atoms with Gasteiger partial charge in [-0.15, -0.1) is 0 Å². The van der Waals surface area contributed by atoms with Crippen molar-refractivity contribution >= 4 is 5.78 Å². The van der Waals surface area contributed by atoms with Crippen molar-refractivity contribution in [2.75, 3.05) is 0 Å². The van der Waals surface area contributed by atoms with E-state index in [2.05, 4.69) is 38.1 Å². The van der Waals surface area contributed by atoms with Crippen LogP contribution in [0.15, 0.2) is 89.7 Å². The molecule has 0 aliphatic carbocycles. The van der Waals surface area contributed by atoms with Crippen LogP contribution in [0.5, 0.6) is 0 Å². The zero-order valence-corrected chi connectivity index (χ0v) is 22.0.